The maximum atomic E-state index is 11.0. The van der Waals surface area contributed by atoms with Crippen molar-refractivity contribution in [2.75, 3.05) is 0 Å². The summed E-state index contributed by atoms with van der Waals surface area (Å²) in [5.41, 5.74) is 5.14. The minimum atomic E-state index is -2.30. The highest BCUT2D eigenvalue weighted by atomic mass is 32.2. The number of carbonyl (C=O) groups is 1. The van der Waals surface area contributed by atoms with E-state index in [1.165, 1.54) is 32.1 Å². The molecule has 0 aromatic heterocycles. The van der Waals surface area contributed by atoms with Crippen molar-refractivity contribution in [1.82, 2.24) is 0 Å². The minimum absolute atomic E-state index is 0.249. The number of rotatable bonds is 11. The summed E-state index contributed by atoms with van der Waals surface area (Å²) in [6.45, 7) is 3.75. The molecule has 0 aliphatic heterocycles. The third-order valence-electron chi connectivity index (χ3n) is 3.40. The van der Waals surface area contributed by atoms with Gasteiger partial charge in [-0.15, -0.1) is 0 Å². The van der Waals surface area contributed by atoms with Crippen molar-refractivity contribution in [2.24, 2.45) is 11.7 Å². The van der Waals surface area contributed by atoms with Crippen LogP contribution in [-0.2, 0) is 15.1 Å². The van der Waals surface area contributed by atoms with Crippen molar-refractivity contribution in [1.29, 1.82) is 0 Å². The summed E-state index contributed by atoms with van der Waals surface area (Å²) < 4.78 is 22.1. The molecule has 0 saturated heterocycles. The molecule has 1 amide bonds. The van der Waals surface area contributed by atoms with Gasteiger partial charge in [-0.05, 0) is 19.8 Å². The second-order valence-electron chi connectivity index (χ2n) is 5.05. The molecular weight excluding hydrogens is 262 g/mol. The molecular formula is C14H27NO3S. The summed E-state index contributed by atoms with van der Waals surface area (Å²) in [5, 5.41) is 0. The zero-order chi connectivity index (χ0) is 14.7. The molecule has 0 rings (SSSR count). The molecule has 0 radical (unpaired) electrons. The minimum Gasteiger partial charge on any atom is -0.369 e. The summed E-state index contributed by atoms with van der Waals surface area (Å²) in [6, 6.07) is 0. The quantitative estimate of drug-likeness (QED) is 0.469. The Hall–Kier alpha value is -0.840. The van der Waals surface area contributed by atoms with Gasteiger partial charge in [0.25, 0.3) is 0 Å². The van der Waals surface area contributed by atoms with Gasteiger partial charge >= 0.3 is 0 Å². The van der Waals surface area contributed by atoms with E-state index >= 15 is 0 Å². The van der Waals surface area contributed by atoms with Crippen LogP contribution in [0.3, 0.4) is 0 Å². The number of carbonyl (C=O) groups excluding carboxylic acids is 1. The summed E-state index contributed by atoms with van der Waals surface area (Å²) in [4.78, 5) is 11.3. The Morgan fingerprint density at radius 2 is 1.47 bits per heavy atom. The van der Waals surface area contributed by atoms with Gasteiger partial charge in [-0.1, -0.05) is 51.9 Å². The highest BCUT2D eigenvalue weighted by Crippen LogP contribution is 2.11. The molecule has 1 atom stereocenters. The average molecular weight is 289 g/mol. The van der Waals surface area contributed by atoms with E-state index in [2.05, 4.69) is 6.92 Å². The summed E-state index contributed by atoms with van der Waals surface area (Å²) in [6.07, 6.45) is 9.71. The largest absolute Gasteiger partial charge is 0.369 e. The fourth-order valence-corrected chi connectivity index (χ4v) is 2.75. The van der Waals surface area contributed by atoms with Gasteiger partial charge in [0.15, 0.2) is 0 Å². The van der Waals surface area contributed by atoms with Crippen LogP contribution in [-0.4, -0.2) is 19.2 Å². The standard InChI is InChI=1S/C14H27NO3S/c1-3-4-5-6-7-8-9-10-11-13(19(17)18)12(2)14(15)16/h12H,3-11H2,1-2H3,(H2,15,16). The highest BCUT2D eigenvalue weighted by molar-refractivity contribution is 7.73. The SMILES string of the molecule is CCCCCCCCCCC(C(C)C(N)=O)=S(=O)=O. The van der Waals surface area contributed by atoms with Gasteiger partial charge in [0.2, 0.25) is 16.2 Å². The number of hydrogen-bond acceptors (Lipinski definition) is 3. The van der Waals surface area contributed by atoms with Gasteiger partial charge in [0, 0.05) is 0 Å². The van der Waals surface area contributed by atoms with Crippen molar-refractivity contribution < 1.29 is 13.2 Å². The first-order valence-electron chi connectivity index (χ1n) is 7.25. The molecule has 0 aliphatic rings. The number of primary amides is 1. The van der Waals surface area contributed by atoms with Gasteiger partial charge in [0.1, 0.15) is 0 Å². The fraction of sp³-hybridized carbons (Fsp3) is 0.857. The Bertz CT molecular complexity index is 379. The summed E-state index contributed by atoms with van der Waals surface area (Å²) >= 11 is 0. The predicted octanol–water partition coefficient (Wildman–Crippen LogP) is 2.69. The first-order valence-corrected chi connectivity index (χ1v) is 8.32. The predicted molar refractivity (Wildman–Crippen MR) is 79.5 cm³/mol. The summed E-state index contributed by atoms with van der Waals surface area (Å²) in [5.74, 6) is -1.25. The van der Waals surface area contributed by atoms with Crippen LogP contribution < -0.4 is 5.73 Å². The van der Waals surface area contributed by atoms with E-state index in [9.17, 15) is 13.2 Å². The van der Waals surface area contributed by atoms with Crippen LogP contribution in [0.2, 0.25) is 0 Å². The van der Waals surface area contributed by atoms with Crippen molar-refractivity contribution in [3.05, 3.63) is 0 Å². The van der Waals surface area contributed by atoms with Gasteiger partial charge in [-0.2, -0.15) is 8.42 Å². The van der Waals surface area contributed by atoms with Crippen LogP contribution in [0.4, 0.5) is 0 Å². The lowest BCUT2D eigenvalue weighted by Crippen LogP contribution is -2.28. The van der Waals surface area contributed by atoms with Gasteiger partial charge < -0.3 is 5.73 Å². The van der Waals surface area contributed by atoms with E-state index in [0.29, 0.717) is 6.42 Å². The molecule has 19 heavy (non-hydrogen) atoms. The third kappa shape index (κ3) is 8.81. The van der Waals surface area contributed by atoms with Crippen LogP contribution in [0.1, 0.15) is 71.6 Å². The van der Waals surface area contributed by atoms with Crippen LogP contribution in [0.5, 0.6) is 0 Å². The van der Waals surface area contributed by atoms with E-state index in [4.69, 9.17) is 5.73 Å². The van der Waals surface area contributed by atoms with Gasteiger partial charge in [0.05, 0.1) is 10.8 Å². The second-order valence-corrected chi connectivity index (χ2v) is 6.04. The molecule has 0 saturated carbocycles. The highest BCUT2D eigenvalue weighted by Gasteiger charge is 2.17. The Morgan fingerprint density at radius 3 is 1.89 bits per heavy atom. The van der Waals surface area contributed by atoms with Gasteiger partial charge in [-0.3, -0.25) is 4.79 Å². The molecule has 5 heteroatoms. The van der Waals surface area contributed by atoms with Crippen molar-refractivity contribution >= 4 is 21.1 Å². The number of nitrogens with two attached hydrogens (primary N) is 1. The van der Waals surface area contributed by atoms with Crippen LogP contribution >= 0.6 is 0 Å². The molecule has 0 heterocycles. The Balaban J connectivity index is 3.86. The number of amides is 1. The first kappa shape index (κ1) is 18.2. The van der Waals surface area contributed by atoms with E-state index < -0.39 is 22.1 Å². The Morgan fingerprint density at radius 1 is 1.00 bits per heavy atom. The Kier molecular flexibility index (Phi) is 10.5. The van der Waals surface area contributed by atoms with Crippen LogP contribution in [0, 0.1) is 5.92 Å². The molecule has 0 fully saturated rings. The molecule has 0 spiro atoms. The zero-order valence-electron chi connectivity index (χ0n) is 12.2. The van der Waals surface area contributed by atoms with Crippen LogP contribution in [0.25, 0.3) is 0 Å². The smallest absolute Gasteiger partial charge is 0.225 e. The molecule has 0 aliphatic carbocycles. The monoisotopic (exact) mass is 289 g/mol. The van der Waals surface area contributed by atoms with Crippen molar-refractivity contribution in [3.63, 3.8) is 0 Å². The molecule has 0 bridgehead atoms. The lowest BCUT2D eigenvalue weighted by Gasteiger charge is -2.08. The molecule has 1 unspecified atom stereocenters. The fourth-order valence-electron chi connectivity index (χ4n) is 2.04. The van der Waals surface area contributed by atoms with E-state index in [1.54, 1.807) is 6.92 Å². The normalized spacial score (nSPS) is 12.1. The van der Waals surface area contributed by atoms with Crippen molar-refractivity contribution in [3.8, 4) is 0 Å². The molecule has 4 nitrogen and oxygen atoms in total. The average Bonchev–Trinajstić information content (AvgIpc) is 2.35. The lowest BCUT2D eigenvalue weighted by molar-refractivity contribution is -0.119. The first-order chi connectivity index (χ1) is 9.00. The van der Waals surface area contributed by atoms with E-state index in [-0.39, 0.29) is 4.86 Å². The third-order valence-corrected chi connectivity index (χ3v) is 4.39. The maximum absolute atomic E-state index is 11.0. The van der Waals surface area contributed by atoms with Crippen LogP contribution in [0.15, 0.2) is 0 Å². The van der Waals surface area contributed by atoms with E-state index in [0.717, 1.165) is 19.3 Å². The zero-order valence-corrected chi connectivity index (χ0v) is 13.0. The molecule has 0 aromatic rings. The Labute approximate surface area is 118 Å². The van der Waals surface area contributed by atoms with E-state index in [1.807, 2.05) is 0 Å². The molecule has 112 valence electrons. The molecule has 2 N–H and O–H groups in total. The number of unbranched alkanes of at least 4 members (excludes halogenated alkanes) is 7. The van der Waals surface area contributed by atoms with Gasteiger partial charge in [-0.25, -0.2) is 0 Å². The number of hydrogen-bond donors (Lipinski definition) is 1. The maximum Gasteiger partial charge on any atom is 0.225 e. The second kappa shape index (κ2) is 11.0. The summed E-state index contributed by atoms with van der Waals surface area (Å²) in [7, 11) is -2.30. The molecule has 0 aromatic carbocycles. The van der Waals surface area contributed by atoms with Crippen molar-refractivity contribution in [2.45, 2.75) is 71.6 Å². The topological polar surface area (TPSA) is 77.2 Å². The lowest BCUT2D eigenvalue weighted by atomic mass is 10.0.